The Hall–Kier alpha value is -2.73. The molecule has 0 heterocycles. The van der Waals surface area contributed by atoms with Gasteiger partial charge in [0.2, 0.25) is 6.10 Å². The summed E-state index contributed by atoms with van der Waals surface area (Å²) in [5.74, 6) is -0.840. The van der Waals surface area contributed by atoms with E-state index >= 15 is 0 Å². The number of carbonyl (C=O) groups is 1. The van der Waals surface area contributed by atoms with Crippen LogP contribution in [-0.2, 0) is 16.0 Å². The zero-order valence-electron chi connectivity index (χ0n) is 8.66. The van der Waals surface area contributed by atoms with Crippen LogP contribution in [0.4, 0.5) is 0 Å². The third kappa shape index (κ3) is 3.73. The summed E-state index contributed by atoms with van der Waals surface area (Å²) in [5.41, 5.74) is 0.665. The molecule has 1 unspecified atom stereocenters. The predicted molar refractivity (Wildman–Crippen MR) is 54.5 cm³/mol. The van der Waals surface area contributed by atoms with E-state index < -0.39 is 12.1 Å². The Labute approximate surface area is 97.2 Å². The Balaban J connectivity index is 2.71. The fraction of sp³-hybridized carbons (Fsp3) is 0.182. The van der Waals surface area contributed by atoms with Crippen molar-refractivity contribution in [3.05, 3.63) is 29.8 Å². The van der Waals surface area contributed by atoms with Crippen LogP contribution < -0.4 is 4.74 Å². The van der Waals surface area contributed by atoms with Gasteiger partial charge in [0, 0.05) is 6.42 Å². The zero-order chi connectivity index (χ0) is 12.7. The Kier molecular flexibility index (Phi) is 4.34. The Morgan fingerprint density at radius 1 is 1.29 bits per heavy atom. The average molecular weight is 232 g/mol. The maximum Gasteiger partial charge on any atom is 0.346 e. The number of nitriles is 2. The van der Waals surface area contributed by atoms with Crippen molar-refractivity contribution in [2.24, 2.45) is 0 Å². The molecule has 0 radical (unpaired) electrons. The molecule has 86 valence electrons. The van der Waals surface area contributed by atoms with E-state index in [0.29, 0.717) is 11.3 Å². The van der Waals surface area contributed by atoms with Gasteiger partial charge in [0.05, 0.1) is 0 Å². The lowest BCUT2D eigenvalue weighted by Gasteiger charge is -2.08. The van der Waals surface area contributed by atoms with E-state index in [-0.39, 0.29) is 6.42 Å². The number of hydrogen-bond donors (Lipinski definition) is 1. The summed E-state index contributed by atoms with van der Waals surface area (Å²) in [4.78, 5) is 10.7. The van der Waals surface area contributed by atoms with Crippen LogP contribution in [-0.4, -0.2) is 17.2 Å². The summed E-state index contributed by atoms with van der Waals surface area (Å²) >= 11 is 0. The van der Waals surface area contributed by atoms with E-state index in [0.717, 1.165) is 0 Å². The standard InChI is InChI=1S/C11H8N2O4/c12-6-16-9-3-1-8(2-4-9)5-10(11(14)15)17-7-13/h1-4,10H,5H2,(H,14,15). The van der Waals surface area contributed by atoms with Gasteiger partial charge < -0.3 is 14.6 Å². The average Bonchev–Trinajstić information content (AvgIpc) is 2.31. The van der Waals surface area contributed by atoms with E-state index in [1.165, 1.54) is 24.6 Å². The van der Waals surface area contributed by atoms with Crippen molar-refractivity contribution in [1.82, 2.24) is 0 Å². The van der Waals surface area contributed by atoms with Crippen molar-refractivity contribution >= 4 is 5.97 Å². The fourth-order valence-electron chi connectivity index (χ4n) is 1.20. The largest absolute Gasteiger partial charge is 0.478 e. The summed E-state index contributed by atoms with van der Waals surface area (Å²) in [5, 5.41) is 25.3. The summed E-state index contributed by atoms with van der Waals surface area (Å²) in [7, 11) is 0. The summed E-state index contributed by atoms with van der Waals surface area (Å²) in [6.07, 6.45) is 1.73. The van der Waals surface area contributed by atoms with Crippen LogP contribution in [0.5, 0.6) is 5.75 Å². The molecule has 0 aliphatic heterocycles. The lowest BCUT2D eigenvalue weighted by Crippen LogP contribution is -2.24. The molecule has 0 saturated carbocycles. The number of aliphatic carboxylic acids is 1. The highest BCUT2D eigenvalue weighted by Gasteiger charge is 2.19. The predicted octanol–water partition coefficient (Wildman–Crippen LogP) is 1.04. The number of carboxylic acid groups (broad SMARTS) is 1. The molecule has 0 aromatic heterocycles. The molecule has 1 N–H and O–H groups in total. The molecule has 1 aromatic rings. The molecular formula is C11H8N2O4. The number of hydrogen-bond acceptors (Lipinski definition) is 5. The maximum atomic E-state index is 10.7. The van der Waals surface area contributed by atoms with Gasteiger partial charge in [-0.05, 0) is 17.7 Å². The van der Waals surface area contributed by atoms with Gasteiger partial charge in [-0.15, -0.1) is 5.26 Å². The van der Waals surface area contributed by atoms with Crippen molar-refractivity contribution in [2.45, 2.75) is 12.5 Å². The number of nitrogens with zero attached hydrogens (tertiary/aromatic N) is 2. The monoisotopic (exact) mass is 232 g/mol. The smallest absolute Gasteiger partial charge is 0.346 e. The minimum Gasteiger partial charge on any atom is -0.478 e. The summed E-state index contributed by atoms with van der Waals surface area (Å²) < 4.78 is 8.97. The van der Waals surface area contributed by atoms with Crippen LogP contribution in [0.1, 0.15) is 5.56 Å². The Morgan fingerprint density at radius 3 is 2.41 bits per heavy atom. The van der Waals surface area contributed by atoms with Gasteiger partial charge in [0.15, 0.2) is 0 Å². The van der Waals surface area contributed by atoms with Crippen LogP contribution >= 0.6 is 0 Å². The van der Waals surface area contributed by atoms with Crippen LogP contribution in [0.2, 0.25) is 0 Å². The molecule has 0 fully saturated rings. The first-order valence-electron chi connectivity index (χ1n) is 4.59. The molecule has 0 aliphatic carbocycles. The maximum absolute atomic E-state index is 10.7. The van der Waals surface area contributed by atoms with E-state index in [1.807, 2.05) is 0 Å². The second-order valence-corrected chi connectivity index (χ2v) is 3.08. The fourth-order valence-corrected chi connectivity index (χ4v) is 1.20. The van der Waals surface area contributed by atoms with Crippen molar-refractivity contribution in [2.75, 3.05) is 0 Å². The molecule has 0 spiro atoms. The third-order valence-electron chi connectivity index (χ3n) is 1.98. The quantitative estimate of drug-likeness (QED) is 0.760. The molecule has 1 atom stereocenters. The molecule has 0 aliphatic rings. The molecule has 1 aromatic carbocycles. The highest BCUT2D eigenvalue weighted by atomic mass is 16.5. The Morgan fingerprint density at radius 2 is 1.94 bits per heavy atom. The first-order chi connectivity index (χ1) is 8.17. The number of ether oxygens (including phenoxy) is 2. The lowest BCUT2D eigenvalue weighted by atomic mass is 10.1. The van der Waals surface area contributed by atoms with E-state index in [4.69, 9.17) is 15.6 Å². The Bertz CT molecular complexity index is 470. The zero-order valence-corrected chi connectivity index (χ0v) is 8.66. The minimum atomic E-state index is -1.21. The van der Waals surface area contributed by atoms with Crippen molar-refractivity contribution in [3.63, 3.8) is 0 Å². The van der Waals surface area contributed by atoms with E-state index in [2.05, 4.69) is 9.47 Å². The molecule has 0 amide bonds. The molecule has 0 saturated heterocycles. The SMILES string of the molecule is N#COc1ccc(CC(OC#N)C(=O)O)cc1. The highest BCUT2D eigenvalue weighted by Crippen LogP contribution is 2.14. The van der Waals surface area contributed by atoms with Gasteiger partial charge in [-0.2, -0.15) is 5.26 Å². The van der Waals surface area contributed by atoms with Gasteiger partial charge >= 0.3 is 5.97 Å². The first kappa shape index (κ1) is 12.3. The second kappa shape index (κ2) is 5.99. The first-order valence-corrected chi connectivity index (χ1v) is 4.59. The van der Waals surface area contributed by atoms with Gasteiger partial charge in [-0.25, -0.2) is 4.79 Å². The van der Waals surface area contributed by atoms with Crippen molar-refractivity contribution in [1.29, 1.82) is 10.5 Å². The molecule has 6 heteroatoms. The summed E-state index contributed by atoms with van der Waals surface area (Å²) in [6, 6.07) is 6.26. The number of rotatable bonds is 5. The molecule has 6 nitrogen and oxygen atoms in total. The summed E-state index contributed by atoms with van der Waals surface area (Å²) in [6.45, 7) is 0. The molecule has 17 heavy (non-hydrogen) atoms. The topological polar surface area (TPSA) is 103 Å². The van der Waals surface area contributed by atoms with Crippen molar-refractivity contribution < 1.29 is 19.4 Å². The molecule has 0 bridgehead atoms. The van der Waals surface area contributed by atoms with Crippen LogP contribution in [0.15, 0.2) is 24.3 Å². The number of benzene rings is 1. The molecular weight excluding hydrogens is 224 g/mol. The van der Waals surface area contributed by atoms with Gasteiger partial charge in [0.25, 0.3) is 12.5 Å². The lowest BCUT2D eigenvalue weighted by molar-refractivity contribution is -0.146. The van der Waals surface area contributed by atoms with E-state index in [1.54, 1.807) is 12.1 Å². The second-order valence-electron chi connectivity index (χ2n) is 3.08. The molecule has 1 rings (SSSR count). The van der Waals surface area contributed by atoms with Crippen LogP contribution in [0, 0.1) is 23.0 Å². The van der Waals surface area contributed by atoms with Crippen molar-refractivity contribution in [3.8, 4) is 18.3 Å². The van der Waals surface area contributed by atoms with Gasteiger partial charge in [-0.3, -0.25) is 0 Å². The normalized spacial score (nSPS) is 10.7. The van der Waals surface area contributed by atoms with Crippen LogP contribution in [0.3, 0.4) is 0 Å². The van der Waals surface area contributed by atoms with E-state index in [9.17, 15) is 4.79 Å². The van der Waals surface area contributed by atoms with Crippen LogP contribution in [0.25, 0.3) is 0 Å². The third-order valence-corrected chi connectivity index (χ3v) is 1.98. The van der Waals surface area contributed by atoms with Gasteiger partial charge in [-0.1, -0.05) is 12.1 Å². The number of carboxylic acids is 1. The minimum absolute atomic E-state index is 0.0652. The van der Waals surface area contributed by atoms with Gasteiger partial charge in [0.1, 0.15) is 5.75 Å². The highest BCUT2D eigenvalue weighted by molar-refractivity contribution is 5.72.